The van der Waals surface area contributed by atoms with E-state index in [9.17, 15) is 9.50 Å². The Morgan fingerprint density at radius 1 is 1.22 bits per heavy atom. The monoisotopic (exact) mass is 340 g/mol. The third-order valence-corrected chi connectivity index (χ3v) is 5.67. The van der Waals surface area contributed by atoms with Crippen LogP contribution in [0, 0.1) is 11.7 Å². The molecule has 1 saturated carbocycles. The van der Waals surface area contributed by atoms with Crippen LogP contribution in [-0.2, 0) is 6.54 Å². The highest BCUT2D eigenvalue weighted by molar-refractivity contribution is 6.31. The molecule has 3 nitrogen and oxygen atoms in total. The van der Waals surface area contributed by atoms with Crippen molar-refractivity contribution in [1.29, 1.82) is 0 Å². The van der Waals surface area contributed by atoms with Gasteiger partial charge in [0.1, 0.15) is 5.82 Å². The summed E-state index contributed by atoms with van der Waals surface area (Å²) >= 11 is 6.11. The van der Waals surface area contributed by atoms with Crippen LogP contribution in [0.3, 0.4) is 0 Å². The third kappa shape index (κ3) is 4.44. The van der Waals surface area contributed by atoms with Gasteiger partial charge in [0.2, 0.25) is 0 Å². The Balaban J connectivity index is 1.43. The first-order chi connectivity index (χ1) is 11.1. The summed E-state index contributed by atoms with van der Waals surface area (Å²) in [4.78, 5) is 2.27. The number of aliphatic hydroxyl groups excluding tert-OH is 1. The fourth-order valence-corrected chi connectivity index (χ4v) is 4.00. The summed E-state index contributed by atoms with van der Waals surface area (Å²) in [7, 11) is 0. The number of benzene rings is 1. The number of hydrogen-bond donors (Lipinski definition) is 2. The fraction of sp³-hybridized carbons (Fsp3) is 0.667. The highest BCUT2D eigenvalue weighted by Crippen LogP contribution is 2.26. The molecule has 23 heavy (non-hydrogen) atoms. The second kappa shape index (κ2) is 7.93. The average molecular weight is 341 g/mol. The van der Waals surface area contributed by atoms with Crippen molar-refractivity contribution in [2.75, 3.05) is 19.6 Å². The van der Waals surface area contributed by atoms with Gasteiger partial charge < -0.3 is 10.4 Å². The second-order valence-corrected chi connectivity index (χ2v) is 7.32. The van der Waals surface area contributed by atoms with Crippen LogP contribution in [0.2, 0.25) is 5.02 Å². The highest BCUT2D eigenvalue weighted by atomic mass is 35.5. The molecule has 0 amide bonds. The number of nitrogens with zero attached hydrogens (tertiary/aromatic N) is 1. The number of hydrogen-bond acceptors (Lipinski definition) is 3. The van der Waals surface area contributed by atoms with Crippen LogP contribution >= 0.6 is 11.6 Å². The number of halogens is 2. The number of rotatable bonds is 5. The summed E-state index contributed by atoms with van der Waals surface area (Å²) < 4.78 is 13.9. The molecule has 0 radical (unpaired) electrons. The number of likely N-dealkylation sites (tertiary alicyclic amines) is 1. The van der Waals surface area contributed by atoms with Crippen molar-refractivity contribution in [2.24, 2.45) is 5.92 Å². The van der Waals surface area contributed by atoms with E-state index in [-0.39, 0.29) is 11.9 Å². The van der Waals surface area contributed by atoms with E-state index in [2.05, 4.69) is 10.2 Å². The molecule has 2 aliphatic rings. The first-order valence-electron chi connectivity index (χ1n) is 8.70. The molecule has 3 rings (SSSR count). The summed E-state index contributed by atoms with van der Waals surface area (Å²) in [6, 6.07) is 5.38. The van der Waals surface area contributed by atoms with Gasteiger partial charge in [0, 0.05) is 29.7 Å². The molecule has 2 N–H and O–H groups in total. The molecule has 2 fully saturated rings. The van der Waals surface area contributed by atoms with Crippen molar-refractivity contribution < 1.29 is 9.50 Å². The lowest BCUT2D eigenvalue weighted by atomic mass is 10.0. The van der Waals surface area contributed by atoms with Crippen LogP contribution in [-0.4, -0.2) is 41.8 Å². The Labute approximate surface area is 142 Å². The Morgan fingerprint density at radius 2 is 2.00 bits per heavy atom. The zero-order chi connectivity index (χ0) is 16.2. The molecule has 0 aromatic heterocycles. The van der Waals surface area contributed by atoms with E-state index in [4.69, 9.17) is 11.6 Å². The number of nitrogens with one attached hydrogen (secondary N) is 1. The zero-order valence-electron chi connectivity index (χ0n) is 13.5. The minimum Gasteiger partial charge on any atom is -0.393 e. The largest absolute Gasteiger partial charge is 0.393 e. The van der Waals surface area contributed by atoms with Gasteiger partial charge in [-0.3, -0.25) is 4.90 Å². The molecule has 0 bridgehead atoms. The van der Waals surface area contributed by atoms with Crippen LogP contribution in [0.25, 0.3) is 0 Å². The molecular weight excluding hydrogens is 315 g/mol. The smallest absolute Gasteiger partial charge is 0.129 e. The Bertz CT molecular complexity index is 499. The van der Waals surface area contributed by atoms with E-state index in [1.54, 1.807) is 12.1 Å². The summed E-state index contributed by atoms with van der Waals surface area (Å²) in [6.45, 7) is 3.41. The summed E-state index contributed by atoms with van der Waals surface area (Å²) in [5.41, 5.74) is 0.606. The van der Waals surface area contributed by atoms with Gasteiger partial charge in [-0.2, -0.15) is 0 Å². The van der Waals surface area contributed by atoms with Gasteiger partial charge in [-0.25, -0.2) is 4.39 Å². The SMILES string of the molecule is O[C@@H]1CCC[C@H]1CNC1CCN(Cc2c(F)cccc2Cl)CC1. The van der Waals surface area contributed by atoms with Gasteiger partial charge in [-0.05, 0) is 56.8 Å². The quantitative estimate of drug-likeness (QED) is 0.864. The predicted octanol–water partition coefficient (Wildman–Crippen LogP) is 3.19. The minimum absolute atomic E-state index is 0.120. The van der Waals surface area contributed by atoms with Gasteiger partial charge in [-0.1, -0.05) is 24.1 Å². The van der Waals surface area contributed by atoms with Crippen molar-refractivity contribution in [3.05, 3.63) is 34.6 Å². The van der Waals surface area contributed by atoms with Crippen LogP contribution in [0.5, 0.6) is 0 Å². The topological polar surface area (TPSA) is 35.5 Å². The van der Waals surface area contributed by atoms with Crippen LogP contribution in [0.15, 0.2) is 18.2 Å². The molecule has 2 atom stereocenters. The van der Waals surface area contributed by atoms with E-state index in [0.29, 0.717) is 29.1 Å². The standard InChI is InChI=1S/C18H26ClFN2O/c19-16-4-2-5-17(20)15(16)12-22-9-7-14(8-10-22)21-11-13-3-1-6-18(13)23/h2,4-5,13-14,18,21,23H,1,3,6-12H2/t13-,18+/m0/s1. The van der Waals surface area contributed by atoms with Gasteiger partial charge in [0.25, 0.3) is 0 Å². The Hall–Kier alpha value is -0.680. The first-order valence-corrected chi connectivity index (χ1v) is 9.08. The second-order valence-electron chi connectivity index (χ2n) is 6.92. The van der Waals surface area contributed by atoms with E-state index in [1.807, 2.05) is 0 Å². The molecule has 1 aliphatic carbocycles. The van der Waals surface area contributed by atoms with Crippen molar-refractivity contribution in [2.45, 2.75) is 50.8 Å². The summed E-state index contributed by atoms with van der Waals surface area (Å²) in [5, 5.41) is 14.0. The summed E-state index contributed by atoms with van der Waals surface area (Å²) in [6.07, 6.45) is 5.25. The predicted molar refractivity (Wildman–Crippen MR) is 91.1 cm³/mol. The molecule has 1 heterocycles. The van der Waals surface area contributed by atoms with Crippen molar-refractivity contribution in [3.8, 4) is 0 Å². The lowest BCUT2D eigenvalue weighted by Crippen LogP contribution is -2.44. The summed E-state index contributed by atoms with van der Waals surface area (Å²) in [5.74, 6) is 0.207. The molecule has 1 aliphatic heterocycles. The number of aliphatic hydroxyl groups is 1. The third-order valence-electron chi connectivity index (χ3n) is 5.32. The molecule has 1 aromatic carbocycles. The van der Waals surface area contributed by atoms with Crippen LogP contribution in [0.4, 0.5) is 4.39 Å². The molecule has 0 unspecified atom stereocenters. The minimum atomic E-state index is -0.215. The van der Waals surface area contributed by atoms with Crippen molar-refractivity contribution in [1.82, 2.24) is 10.2 Å². The maximum atomic E-state index is 13.9. The molecular formula is C18H26ClFN2O. The maximum absolute atomic E-state index is 13.9. The lowest BCUT2D eigenvalue weighted by Gasteiger charge is -2.33. The van der Waals surface area contributed by atoms with Crippen molar-refractivity contribution >= 4 is 11.6 Å². The molecule has 0 spiro atoms. The lowest BCUT2D eigenvalue weighted by molar-refractivity contribution is 0.124. The van der Waals surface area contributed by atoms with E-state index in [1.165, 1.54) is 6.07 Å². The fourth-order valence-electron chi connectivity index (χ4n) is 3.78. The normalized spacial score (nSPS) is 26.7. The van der Waals surface area contributed by atoms with Gasteiger partial charge in [-0.15, -0.1) is 0 Å². The van der Waals surface area contributed by atoms with Crippen LogP contribution in [0.1, 0.15) is 37.7 Å². The average Bonchev–Trinajstić information content (AvgIpc) is 2.95. The van der Waals surface area contributed by atoms with E-state index in [0.717, 1.165) is 51.7 Å². The van der Waals surface area contributed by atoms with Gasteiger partial charge in [0.15, 0.2) is 0 Å². The highest BCUT2D eigenvalue weighted by Gasteiger charge is 2.27. The van der Waals surface area contributed by atoms with Gasteiger partial charge >= 0.3 is 0 Å². The molecule has 128 valence electrons. The van der Waals surface area contributed by atoms with Crippen LogP contribution < -0.4 is 5.32 Å². The maximum Gasteiger partial charge on any atom is 0.129 e. The van der Waals surface area contributed by atoms with E-state index < -0.39 is 0 Å². The number of piperidine rings is 1. The Morgan fingerprint density at radius 3 is 2.65 bits per heavy atom. The van der Waals surface area contributed by atoms with Crippen molar-refractivity contribution in [3.63, 3.8) is 0 Å². The Kier molecular flexibility index (Phi) is 5.91. The molecule has 1 aromatic rings. The van der Waals surface area contributed by atoms with E-state index >= 15 is 0 Å². The molecule has 5 heteroatoms. The zero-order valence-corrected chi connectivity index (χ0v) is 14.2. The van der Waals surface area contributed by atoms with Gasteiger partial charge in [0.05, 0.1) is 6.10 Å². The molecule has 1 saturated heterocycles. The first kappa shape index (κ1) is 17.2.